The molecule has 0 amide bonds. The maximum atomic E-state index is 3.50. The number of nitrogens with zero attached hydrogens (tertiary/aromatic N) is 1. The molecule has 2 nitrogen and oxygen atoms in total. The van der Waals surface area contributed by atoms with Crippen LogP contribution in [0.25, 0.3) is 0 Å². The van der Waals surface area contributed by atoms with Crippen molar-refractivity contribution in [1.29, 1.82) is 0 Å². The highest BCUT2D eigenvalue weighted by molar-refractivity contribution is 5.60. The van der Waals surface area contributed by atoms with Gasteiger partial charge in [-0.3, -0.25) is 0 Å². The van der Waals surface area contributed by atoms with Crippen LogP contribution < -0.4 is 10.2 Å². The Labute approximate surface area is 118 Å². The van der Waals surface area contributed by atoms with Crippen molar-refractivity contribution >= 4 is 5.69 Å². The molecule has 19 heavy (non-hydrogen) atoms. The zero-order chi connectivity index (χ0) is 14.2. The van der Waals surface area contributed by atoms with Crippen molar-refractivity contribution in [3.63, 3.8) is 0 Å². The van der Waals surface area contributed by atoms with E-state index in [4.69, 9.17) is 0 Å². The largest absolute Gasteiger partial charge is 0.369 e. The number of fused-ring (bicyclic) bond motifs is 1. The zero-order valence-electron chi connectivity index (χ0n) is 13.2. The van der Waals surface area contributed by atoms with Crippen LogP contribution in [-0.2, 0) is 6.54 Å². The molecule has 0 aromatic heterocycles. The molecule has 106 valence electrons. The average Bonchev–Trinajstić information content (AvgIpc) is 2.33. The Morgan fingerprint density at radius 1 is 1.37 bits per heavy atom. The highest BCUT2D eigenvalue weighted by Gasteiger charge is 2.33. The quantitative estimate of drug-likeness (QED) is 0.886. The molecule has 0 aliphatic carbocycles. The van der Waals surface area contributed by atoms with Crippen LogP contribution in [0.5, 0.6) is 0 Å². The summed E-state index contributed by atoms with van der Waals surface area (Å²) in [7, 11) is 2.22. The monoisotopic (exact) mass is 260 g/mol. The van der Waals surface area contributed by atoms with Gasteiger partial charge in [0.2, 0.25) is 0 Å². The van der Waals surface area contributed by atoms with E-state index in [9.17, 15) is 0 Å². The predicted molar refractivity (Wildman–Crippen MR) is 83.9 cm³/mol. The van der Waals surface area contributed by atoms with Gasteiger partial charge in [-0.15, -0.1) is 0 Å². The molecule has 1 heterocycles. The molecule has 1 aromatic rings. The van der Waals surface area contributed by atoms with E-state index in [1.54, 1.807) is 0 Å². The SMILES string of the molecule is CC(C)NCc1ccc2c(c1)C(C)CC(C)(C)N2C. The average molecular weight is 260 g/mol. The van der Waals surface area contributed by atoms with Crippen LogP contribution in [0.3, 0.4) is 0 Å². The lowest BCUT2D eigenvalue weighted by Gasteiger charge is -2.45. The first-order chi connectivity index (χ1) is 8.81. The second-order valence-corrected chi connectivity index (χ2v) is 6.91. The smallest absolute Gasteiger partial charge is 0.0403 e. The molecule has 0 saturated carbocycles. The molecule has 0 fully saturated rings. The normalized spacial score (nSPS) is 21.6. The lowest BCUT2D eigenvalue weighted by molar-refractivity contribution is 0.395. The van der Waals surface area contributed by atoms with Gasteiger partial charge < -0.3 is 10.2 Å². The van der Waals surface area contributed by atoms with Crippen molar-refractivity contribution in [3.8, 4) is 0 Å². The lowest BCUT2D eigenvalue weighted by Crippen LogP contribution is -2.45. The third-order valence-corrected chi connectivity index (χ3v) is 4.41. The molecule has 0 spiro atoms. The molecule has 1 aliphatic heterocycles. The number of rotatable bonds is 3. The van der Waals surface area contributed by atoms with Crippen molar-refractivity contribution in [2.24, 2.45) is 0 Å². The molecule has 1 unspecified atom stereocenters. The summed E-state index contributed by atoms with van der Waals surface area (Å²) in [6.45, 7) is 12.4. The Bertz CT molecular complexity index is 449. The number of hydrogen-bond acceptors (Lipinski definition) is 2. The molecule has 0 bridgehead atoms. The van der Waals surface area contributed by atoms with Gasteiger partial charge in [-0.1, -0.05) is 32.9 Å². The Morgan fingerprint density at radius 2 is 2.05 bits per heavy atom. The van der Waals surface area contributed by atoms with Gasteiger partial charge in [0.15, 0.2) is 0 Å². The molecule has 1 atom stereocenters. The van der Waals surface area contributed by atoms with Crippen LogP contribution in [-0.4, -0.2) is 18.6 Å². The first kappa shape index (κ1) is 14.4. The number of benzene rings is 1. The van der Waals surface area contributed by atoms with E-state index in [1.165, 1.54) is 23.2 Å². The molecule has 0 saturated heterocycles. The molecule has 1 N–H and O–H groups in total. The highest BCUT2D eigenvalue weighted by atomic mass is 15.2. The Morgan fingerprint density at radius 3 is 2.68 bits per heavy atom. The van der Waals surface area contributed by atoms with Gasteiger partial charge in [0, 0.05) is 30.9 Å². The lowest BCUT2D eigenvalue weighted by atomic mass is 9.80. The van der Waals surface area contributed by atoms with Gasteiger partial charge >= 0.3 is 0 Å². The third kappa shape index (κ3) is 2.94. The summed E-state index contributed by atoms with van der Waals surface area (Å²) in [5.41, 5.74) is 4.55. The van der Waals surface area contributed by atoms with Gasteiger partial charge in [-0.05, 0) is 43.4 Å². The van der Waals surface area contributed by atoms with E-state index in [-0.39, 0.29) is 5.54 Å². The van der Waals surface area contributed by atoms with E-state index in [2.05, 4.69) is 70.1 Å². The zero-order valence-corrected chi connectivity index (χ0v) is 13.2. The minimum Gasteiger partial charge on any atom is -0.369 e. The summed E-state index contributed by atoms with van der Waals surface area (Å²) >= 11 is 0. The van der Waals surface area contributed by atoms with Crippen molar-refractivity contribution in [3.05, 3.63) is 29.3 Å². The van der Waals surface area contributed by atoms with Gasteiger partial charge in [0.1, 0.15) is 0 Å². The standard InChI is InChI=1S/C17H28N2/c1-12(2)18-11-14-7-8-16-15(9-14)13(3)10-17(4,5)19(16)6/h7-9,12-13,18H,10-11H2,1-6H3. The fourth-order valence-corrected chi connectivity index (χ4v) is 3.06. The van der Waals surface area contributed by atoms with Crippen LogP contribution in [0.15, 0.2) is 18.2 Å². The summed E-state index contributed by atoms with van der Waals surface area (Å²) in [6, 6.07) is 7.49. The summed E-state index contributed by atoms with van der Waals surface area (Å²) in [6.07, 6.45) is 1.22. The minimum atomic E-state index is 0.254. The van der Waals surface area contributed by atoms with Gasteiger partial charge in [0.25, 0.3) is 0 Å². The Balaban J connectivity index is 2.28. The van der Waals surface area contributed by atoms with Crippen LogP contribution in [0.4, 0.5) is 5.69 Å². The van der Waals surface area contributed by atoms with E-state index < -0.39 is 0 Å². The second-order valence-electron chi connectivity index (χ2n) is 6.91. The fourth-order valence-electron chi connectivity index (χ4n) is 3.06. The van der Waals surface area contributed by atoms with Crippen molar-refractivity contribution in [2.45, 2.75) is 65.1 Å². The van der Waals surface area contributed by atoms with E-state index >= 15 is 0 Å². The molecule has 0 radical (unpaired) electrons. The maximum Gasteiger partial charge on any atom is 0.0403 e. The molecular formula is C17H28N2. The van der Waals surface area contributed by atoms with E-state index in [0.29, 0.717) is 12.0 Å². The third-order valence-electron chi connectivity index (χ3n) is 4.41. The molecular weight excluding hydrogens is 232 g/mol. The van der Waals surface area contributed by atoms with Crippen molar-refractivity contribution in [1.82, 2.24) is 5.32 Å². The minimum absolute atomic E-state index is 0.254. The maximum absolute atomic E-state index is 3.50. The summed E-state index contributed by atoms with van der Waals surface area (Å²) in [5, 5.41) is 3.50. The summed E-state index contributed by atoms with van der Waals surface area (Å²) in [5.74, 6) is 0.639. The van der Waals surface area contributed by atoms with Crippen LogP contribution >= 0.6 is 0 Å². The van der Waals surface area contributed by atoms with Crippen molar-refractivity contribution in [2.75, 3.05) is 11.9 Å². The van der Waals surface area contributed by atoms with E-state index in [1.807, 2.05) is 0 Å². The van der Waals surface area contributed by atoms with Crippen molar-refractivity contribution < 1.29 is 0 Å². The van der Waals surface area contributed by atoms with E-state index in [0.717, 1.165) is 6.54 Å². The fraction of sp³-hybridized carbons (Fsp3) is 0.647. The number of nitrogens with one attached hydrogen (secondary N) is 1. The summed E-state index contributed by atoms with van der Waals surface area (Å²) < 4.78 is 0. The molecule has 2 rings (SSSR count). The Kier molecular flexibility index (Phi) is 3.91. The van der Waals surface area contributed by atoms with Crippen LogP contribution in [0, 0.1) is 0 Å². The van der Waals surface area contributed by atoms with Crippen LogP contribution in [0.2, 0.25) is 0 Å². The Hall–Kier alpha value is -1.02. The summed E-state index contributed by atoms with van der Waals surface area (Å²) in [4.78, 5) is 2.43. The predicted octanol–water partition coefficient (Wildman–Crippen LogP) is 3.91. The molecule has 1 aromatic carbocycles. The second kappa shape index (κ2) is 5.16. The van der Waals surface area contributed by atoms with Crippen LogP contribution in [0.1, 0.15) is 58.1 Å². The molecule has 1 aliphatic rings. The number of anilines is 1. The molecule has 2 heteroatoms. The highest BCUT2D eigenvalue weighted by Crippen LogP contribution is 2.42. The first-order valence-electron chi connectivity index (χ1n) is 7.41. The topological polar surface area (TPSA) is 15.3 Å². The van der Waals surface area contributed by atoms with Gasteiger partial charge in [0.05, 0.1) is 0 Å². The first-order valence-corrected chi connectivity index (χ1v) is 7.41. The van der Waals surface area contributed by atoms with Gasteiger partial charge in [-0.25, -0.2) is 0 Å². The van der Waals surface area contributed by atoms with Gasteiger partial charge in [-0.2, -0.15) is 0 Å². The number of hydrogen-bond donors (Lipinski definition) is 1.